The number of hydrogen-bond donors (Lipinski definition) is 3. The Morgan fingerprint density at radius 1 is 0.844 bits per heavy atom. The van der Waals surface area contributed by atoms with Gasteiger partial charge in [0.15, 0.2) is 30.3 Å². The Balaban J connectivity index is 0.00000289. The van der Waals surface area contributed by atoms with E-state index in [2.05, 4.69) is 0 Å². The molecule has 1 aromatic heterocycles. The fourth-order valence-electron chi connectivity index (χ4n) is 3.24. The molecule has 0 aliphatic heterocycles. The summed E-state index contributed by atoms with van der Waals surface area (Å²) in [5, 5.41) is 31.1. The predicted octanol–water partition coefficient (Wildman–Crippen LogP) is 4.34. The molecule has 0 fully saturated rings. The summed E-state index contributed by atoms with van der Waals surface area (Å²) in [6.45, 7) is 0. The smallest absolute Gasteiger partial charge is 0.505 e. The Labute approximate surface area is 255 Å². The Morgan fingerprint density at radius 3 is 1.75 bits per heavy atom. The molecule has 0 bridgehead atoms. The zero-order chi connectivity index (χ0) is 22.8. The van der Waals surface area contributed by atoms with Gasteiger partial charge in [0, 0.05) is 11.1 Å². The number of fused-ring (bicyclic) bond motifs is 2. The zero-order valence-electron chi connectivity index (χ0n) is 15.7. The second kappa shape index (κ2) is 10.0. The third kappa shape index (κ3) is 4.31. The molecule has 0 amide bonds. The van der Waals surface area contributed by atoms with Crippen molar-refractivity contribution in [1.82, 2.24) is 0 Å². The van der Waals surface area contributed by atoms with Gasteiger partial charge in [0.05, 0.1) is 23.5 Å². The van der Waals surface area contributed by atoms with Gasteiger partial charge in [-0.05, 0) is 115 Å². The van der Waals surface area contributed by atoms with Crippen LogP contribution in [0.4, 0.5) is 8.78 Å². The van der Waals surface area contributed by atoms with Crippen molar-refractivity contribution in [2.24, 2.45) is 0 Å². The van der Waals surface area contributed by atoms with Crippen molar-refractivity contribution in [3.05, 3.63) is 55.7 Å². The largest absolute Gasteiger partial charge is 1.00 e. The fraction of sp³-hybridized carbons (Fsp3) is 0. The third-order valence-electron chi connectivity index (χ3n) is 4.62. The average molecular weight is 896 g/mol. The number of aromatic carboxylic acids is 1. The minimum absolute atomic E-state index is 0. The van der Waals surface area contributed by atoms with Crippen LogP contribution in [-0.4, -0.2) is 21.3 Å². The number of halogens is 6. The monoisotopic (exact) mass is 896 g/mol. The maximum atomic E-state index is 15.1. The first kappa shape index (κ1) is 26.8. The maximum absolute atomic E-state index is 15.1. The predicted molar refractivity (Wildman–Crippen MR) is 145 cm³/mol. The molecule has 0 saturated heterocycles. The van der Waals surface area contributed by atoms with Crippen molar-refractivity contribution in [2.75, 3.05) is 0 Å². The molecule has 5 nitrogen and oxygen atoms in total. The van der Waals surface area contributed by atoms with E-state index in [1.54, 1.807) is 0 Å². The van der Waals surface area contributed by atoms with Crippen LogP contribution < -0.4 is 29.6 Å². The summed E-state index contributed by atoms with van der Waals surface area (Å²) in [7, 11) is 0. The first-order valence-electron chi connectivity index (χ1n) is 8.23. The number of hydrogen-bond acceptors (Lipinski definition) is 3. The Bertz CT molecular complexity index is 1390. The summed E-state index contributed by atoms with van der Waals surface area (Å²) in [6.07, 6.45) is 0. The topological polar surface area (TPSA) is 89.1 Å². The molecule has 1 heterocycles. The molecule has 0 unspecified atom stereocenters. The molecule has 0 saturated carbocycles. The normalized spacial score (nSPS) is 11.1. The molecule has 0 spiro atoms. The molecule has 0 atom stereocenters. The van der Waals surface area contributed by atoms with Crippen molar-refractivity contribution in [2.45, 2.75) is 0 Å². The van der Waals surface area contributed by atoms with Gasteiger partial charge in [0.1, 0.15) is 0 Å². The van der Waals surface area contributed by atoms with Gasteiger partial charge < -0.3 is 15.3 Å². The van der Waals surface area contributed by atoms with Gasteiger partial charge in [-0.3, -0.25) is 0 Å². The second-order valence-electron chi connectivity index (χ2n) is 6.36. The number of aromatic hydroxyl groups is 2. The molecule has 0 radical (unpaired) electrons. The number of carboxylic acids is 1. The summed E-state index contributed by atoms with van der Waals surface area (Å²) < 4.78 is 36.9. The van der Waals surface area contributed by atoms with E-state index in [0.29, 0.717) is 25.1 Å². The van der Waals surface area contributed by atoms with Crippen LogP contribution in [0.5, 0.6) is 11.5 Å². The second-order valence-corrected chi connectivity index (χ2v) is 10.8. The Kier molecular flexibility index (Phi) is 8.40. The van der Waals surface area contributed by atoms with Gasteiger partial charge in [-0.15, -0.1) is 0 Å². The molecule has 158 valence electrons. The summed E-state index contributed by atoms with van der Waals surface area (Å²) >= 11 is 7.51. The van der Waals surface area contributed by atoms with E-state index in [9.17, 15) is 24.5 Å². The van der Waals surface area contributed by atoms with Crippen molar-refractivity contribution < 1.29 is 62.9 Å². The van der Waals surface area contributed by atoms with E-state index in [-0.39, 0.29) is 57.8 Å². The first-order valence-corrected chi connectivity index (χ1v) is 12.5. The summed E-state index contributed by atoms with van der Waals surface area (Å²) in [4.78, 5) is 11.9. The van der Waals surface area contributed by atoms with Crippen LogP contribution in [0.1, 0.15) is 10.4 Å². The van der Waals surface area contributed by atoms with E-state index in [1.165, 1.54) is 12.1 Å². The molecule has 0 aliphatic carbocycles. The molecule has 3 aromatic carbocycles. The van der Waals surface area contributed by atoms with E-state index in [0.717, 1.165) is 12.1 Å². The first-order chi connectivity index (χ1) is 14.5. The van der Waals surface area contributed by atoms with Gasteiger partial charge in [-0.1, -0.05) is 0 Å². The minimum Gasteiger partial charge on any atom is -0.505 e. The molecule has 4 aromatic rings. The van der Waals surface area contributed by atoms with E-state index < -0.39 is 28.7 Å². The average Bonchev–Trinajstić information content (AvgIpc) is 2.72. The van der Waals surface area contributed by atoms with E-state index in [1.807, 2.05) is 90.4 Å². The molecule has 4 rings (SSSR count). The van der Waals surface area contributed by atoms with Gasteiger partial charge in [-0.25, -0.2) is 18.0 Å². The zero-order valence-corrected chi connectivity index (χ0v) is 26.4. The van der Waals surface area contributed by atoms with Crippen LogP contribution >= 0.6 is 90.4 Å². The van der Waals surface area contributed by atoms with Crippen LogP contribution in [0.2, 0.25) is 0 Å². The van der Waals surface area contributed by atoms with Crippen LogP contribution in [-0.2, 0) is 0 Å². The molecule has 0 aliphatic rings. The number of rotatable bonds is 2. The van der Waals surface area contributed by atoms with Gasteiger partial charge in [0.2, 0.25) is 0 Å². The number of carbonyl (C=O) groups is 1. The van der Waals surface area contributed by atoms with Crippen molar-refractivity contribution in [3.8, 4) is 22.6 Å². The van der Waals surface area contributed by atoms with Gasteiger partial charge in [0.25, 0.3) is 0 Å². The third-order valence-corrected chi connectivity index (χ3v) is 8.26. The molecular weight excluding hydrogens is 889 g/mol. The Hall–Kier alpha value is 0.180. The van der Waals surface area contributed by atoms with Crippen molar-refractivity contribution in [3.63, 3.8) is 0 Å². The minimum atomic E-state index is -1.43. The molecular formula is C20H7F2I4NaO5+2. The maximum Gasteiger partial charge on any atom is 1.00 e. The SMILES string of the molecule is O=C(O)c1ccc(F)c(F)c1-c1c2cc(I)c(O)c(I)c2[o+]c2c(I)c(O)c(I)cc12.[Na+]. The molecule has 12 heteroatoms. The number of carboxylic acid groups (broad SMARTS) is 1. The van der Waals surface area contributed by atoms with Crippen LogP contribution in [0.15, 0.2) is 28.7 Å². The van der Waals surface area contributed by atoms with Gasteiger partial charge >= 0.3 is 46.7 Å². The fourth-order valence-corrected chi connectivity index (χ4v) is 6.82. The molecule has 32 heavy (non-hydrogen) atoms. The van der Waals surface area contributed by atoms with E-state index >= 15 is 4.39 Å². The Morgan fingerprint density at radius 2 is 1.31 bits per heavy atom. The van der Waals surface area contributed by atoms with Crippen LogP contribution in [0.25, 0.3) is 33.1 Å². The summed E-state index contributed by atoms with van der Waals surface area (Å²) in [6, 6.07) is 4.81. The summed E-state index contributed by atoms with van der Waals surface area (Å²) in [5.41, 5.74) is -0.465. The van der Waals surface area contributed by atoms with E-state index in [4.69, 9.17) is 4.42 Å². The quantitative estimate of drug-likeness (QED) is 0.121. The molecule has 3 N–H and O–H groups in total. The van der Waals surface area contributed by atoms with Crippen LogP contribution in [0, 0.1) is 25.9 Å². The summed E-state index contributed by atoms with van der Waals surface area (Å²) in [5.74, 6) is -4.07. The van der Waals surface area contributed by atoms with Crippen molar-refractivity contribution >= 4 is 118 Å². The van der Waals surface area contributed by atoms with Crippen molar-refractivity contribution in [1.29, 1.82) is 0 Å². The van der Waals surface area contributed by atoms with Gasteiger partial charge in [-0.2, -0.15) is 0 Å². The number of phenolic OH excluding ortho intramolecular Hbond substituents is 2. The number of benzene rings is 3. The standard InChI is InChI=1S/C20H6F2I4O5.Na/c21-8-2-1-5(20(29)30)12(13(8)22)11-6-3-9(23)16(27)14(25)18(6)31-19-7(11)4-10(24)17(28)15(19)26;/h1-4H,(H2-,27,28,29,30);/q;+1/p+1. The van der Waals surface area contributed by atoms with Crippen LogP contribution in [0.3, 0.4) is 0 Å². The number of phenols is 2.